The molecular formula is C30H22FN3O4S2. The van der Waals surface area contributed by atoms with Gasteiger partial charge in [-0.25, -0.2) is 22.5 Å². The van der Waals surface area contributed by atoms with Crippen LogP contribution in [0.4, 0.5) is 10.1 Å². The molecule has 4 aromatic rings. The molecule has 2 N–H and O–H groups in total. The topological polar surface area (TPSA) is 105 Å². The minimum atomic E-state index is -4.10. The SMILES string of the molecule is O=C(Cc1ccc(N=C2NC(=O)C(=Cc3ccc(-c4ccccc4)cc3)S2)cc1)NS(=O)(=O)c1ccc(F)cc1. The number of halogens is 1. The van der Waals surface area contributed by atoms with E-state index in [-0.39, 0.29) is 17.2 Å². The molecule has 200 valence electrons. The zero-order valence-corrected chi connectivity index (χ0v) is 22.5. The molecule has 0 atom stereocenters. The number of rotatable bonds is 7. The Balaban J connectivity index is 1.20. The van der Waals surface area contributed by atoms with Gasteiger partial charge in [-0.15, -0.1) is 0 Å². The molecule has 0 saturated carbocycles. The monoisotopic (exact) mass is 571 g/mol. The molecule has 4 aromatic carbocycles. The predicted molar refractivity (Wildman–Crippen MR) is 155 cm³/mol. The van der Waals surface area contributed by atoms with Gasteiger partial charge in [0.1, 0.15) is 5.82 Å². The number of sulfonamides is 1. The van der Waals surface area contributed by atoms with Crippen molar-refractivity contribution in [1.29, 1.82) is 0 Å². The average Bonchev–Trinajstić information content (AvgIpc) is 3.28. The number of amidine groups is 1. The van der Waals surface area contributed by atoms with Gasteiger partial charge in [-0.05, 0) is 76.5 Å². The Morgan fingerprint density at radius 3 is 2.20 bits per heavy atom. The predicted octanol–water partition coefficient (Wildman–Crippen LogP) is 5.43. The van der Waals surface area contributed by atoms with Crippen LogP contribution in [0.3, 0.4) is 0 Å². The molecule has 0 unspecified atom stereocenters. The Bertz CT molecular complexity index is 1720. The number of nitrogens with zero attached hydrogens (tertiary/aromatic N) is 1. The highest BCUT2D eigenvalue weighted by Gasteiger charge is 2.24. The number of carbonyl (C=O) groups is 2. The normalized spacial score (nSPS) is 15.3. The lowest BCUT2D eigenvalue weighted by atomic mass is 10.0. The fourth-order valence-electron chi connectivity index (χ4n) is 3.88. The van der Waals surface area contributed by atoms with Gasteiger partial charge in [0.15, 0.2) is 5.17 Å². The summed E-state index contributed by atoms with van der Waals surface area (Å²) in [6.45, 7) is 0. The largest absolute Gasteiger partial charge is 0.300 e. The third-order valence-electron chi connectivity index (χ3n) is 5.87. The van der Waals surface area contributed by atoms with E-state index in [1.807, 2.05) is 59.3 Å². The first-order valence-electron chi connectivity index (χ1n) is 12.1. The first kappa shape index (κ1) is 27.0. The van der Waals surface area contributed by atoms with E-state index in [0.29, 0.717) is 21.3 Å². The maximum Gasteiger partial charge on any atom is 0.264 e. The Morgan fingerprint density at radius 2 is 1.52 bits per heavy atom. The first-order chi connectivity index (χ1) is 19.2. The van der Waals surface area contributed by atoms with Crippen LogP contribution in [0.25, 0.3) is 17.2 Å². The molecule has 10 heteroatoms. The van der Waals surface area contributed by atoms with Crippen LogP contribution in [0.1, 0.15) is 11.1 Å². The lowest BCUT2D eigenvalue weighted by molar-refractivity contribution is -0.118. The third kappa shape index (κ3) is 6.71. The molecule has 0 aromatic heterocycles. The minimum absolute atomic E-state index is 0.182. The Labute approximate surface area is 234 Å². The molecule has 40 heavy (non-hydrogen) atoms. The van der Waals surface area contributed by atoms with Crippen LogP contribution < -0.4 is 10.0 Å². The van der Waals surface area contributed by atoms with E-state index in [1.54, 1.807) is 30.3 Å². The van der Waals surface area contributed by atoms with Crippen molar-refractivity contribution in [2.24, 2.45) is 4.99 Å². The van der Waals surface area contributed by atoms with Gasteiger partial charge in [0.05, 0.1) is 21.9 Å². The summed E-state index contributed by atoms with van der Waals surface area (Å²) in [4.78, 5) is 29.5. The van der Waals surface area contributed by atoms with Gasteiger partial charge in [-0.2, -0.15) is 0 Å². The quantitative estimate of drug-likeness (QED) is 0.288. The number of hydrogen-bond donors (Lipinski definition) is 2. The van der Waals surface area contributed by atoms with Crippen LogP contribution in [-0.4, -0.2) is 25.4 Å². The molecule has 0 bridgehead atoms. The molecule has 0 aliphatic carbocycles. The summed E-state index contributed by atoms with van der Waals surface area (Å²) in [5.74, 6) is -1.55. The van der Waals surface area contributed by atoms with Crippen molar-refractivity contribution in [3.8, 4) is 11.1 Å². The van der Waals surface area contributed by atoms with Gasteiger partial charge in [-0.3, -0.25) is 9.59 Å². The molecule has 5 rings (SSSR count). The lowest BCUT2D eigenvalue weighted by Gasteiger charge is -2.07. The second-order valence-corrected chi connectivity index (χ2v) is 11.5. The zero-order chi connectivity index (χ0) is 28.1. The molecule has 0 spiro atoms. The third-order valence-corrected chi connectivity index (χ3v) is 8.17. The van der Waals surface area contributed by atoms with Crippen molar-refractivity contribution in [1.82, 2.24) is 10.0 Å². The van der Waals surface area contributed by atoms with Crippen LogP contribution in [0, 0.1) is 5.82 Å². The van der Waals surface area contributed by atoms with Gasteiger partial charge in [0.2, 0.25) is 5.91 Å². The standard InChI is InChI=1S/C30H22FN3O4S2/c31-24-12-16-26(17-13-24)40(37,38)34-28(35)19-21-8-14-25(15-9-21)32-30-33-29(36)27(39-30)18-20-6-10-23(11-7-20)22-4-2-1-3-5-22/h1-18H,19H2,(H,34,35)(H,32,33,36). The summed E-state index contributed by atoms with van der Waals surface area (Å²) >= 11 is 1.23. The van der Waals surface area contributed by atoms with E-state index in [4.69, 9.17) is 0 Å². The number of amides is 2. The van der Waals surface area contributed by atoms with Gasteiger partial charge in [-0.1, -0.05) is 66.7 Å². The molecule has 1 heterocycles. The van der Waals surface area contributed by atoms with E-state index in [0.717, 1.165) is 41.0 Å². The summed E-state index contributed by atoms with van der Waals surface area (Å²) in [6.07, 6.45) is 1.62. The van der Waals surface area contributed by atoms with Gasteiger partial charge in [0, 0.05) is 0 Å². The van der Waals surface area contributed by atoms with E-state index in [1.165, 1.54) is 11.8 Å². The van der Waals surface area contributed by atoms with Crippen molar-refractivity contribution in [2.75, 3.05) is 0 Å². The smallest absolute Gasteiger partial charge is 0.264 e. The lowest BCUT2D eigenvalue weighted by Crippen LogP contribution is -2.31. The van der Waals surface area contributed by atoms with Crippen LogP contribution in [0.15, 0.2) is 118 Å². The highest BCUT2D eigenvalue weighted by molar-refractivity contribution is 8.18. The van der Waals surface area contributed by atoms with Gasteiger partial charge >= 0.3 is 0 Å². The van der Waals surface area contributed by atoms with E-state index >= 15 is 0 Å². The fourth-order valence-corrected chi connectivity index (χ4v) is 5.71. The Morgan fingerprint density at radius 1 is 0.875 bits per heavy atom. The highest BCUT2D eigenvalue weighted by atomic mass is 32.2. The molecule has 0 radical (unpaired) electrons. The molecule has 1 aliphatic heterocycles. The molecule has 1 aliphatic rings. The second kappa shape index (κ2) is 11.7. The summed E-state index contributed by atoms with van der Waals surface area (Å²) in [6, 6.07) is 28.8. The maximum atomic E-state index is 13.1. The van der Waals surface area contributed by atoms with E-state index in [2.05, 4.69) is 10.3 Å². The summed E-state index contributed by atoms with van der Waals surface area (Å²) < 4.78 is 39.7. The van der Waals surface area contributed by atoms with Gasteiger partial charge < -0.3 is 5.32 Å². The number of hydrogen-bond acceptors (Lipinski definition) is 6. The van der Waals surface area contributed by atoms with Crippen molar-refractivity contribution in [3.63, 3.8) is 0 Å². The molecule has 1 fully saturated rings. The molecule has 2 amide bonds. The number of nitrogens with one attached hydrogen (secondary N) is 2. The highest BCUT2D eigenvalue weighted by Crippen LogP contribution is 2.29. The van der Waals surface area contributed by atoms with E-state index in [9.17, 15) is 22.4 Å². The fraction of sp³-hybridized carbons (Fsp3) is 0.0333. The number of thioether (sulfide) groups is 1. The summed E-state index contributed by atoms with van der Waals surface area (Å²) in [7, 11) is -4.10. The maximum absolute atomic E-state index is 13.1. The number of aliphatic imine (C=N–C) groups is 1. The first-order valence-corrected chi connectivity index (χ1v) is 14.4. The molecule has 1 saturated heterocycles. The summed E-state index contributed by atoms with van der Waals surface area (Å²) in [5, 5.41) is 3.18. The van der Waals surface area contributed by atoms with Gasteiger partial charge in [0.25, 0.3) is 15.9 Å². The Hall–Kier alpha value is -4.54. The Kier molecular flexibility index (Phi) is 7.90. The number of benzene rings is 4. The van der Waals surface area contributed by atoms with Crippen molar-refractivity contribution >= 4 is 50.5 Å². The zero-order valence-electron chi connectivity index (χ0n) is 20.9. The van der Waals surface area contributed by atoms with Crippen molar-refractivity contribution < 1.29 is 22.4 Å². The van der Waals surface area contributed by atoms with Crippen molar-refractivity contribution in [2.45, 2.75) is 11.3 Å². The van der Waals surface area contributed by atoms with Crippen LogP contribution in [0.5, 0.6) is 0 Å². The van der Waals surface area contributed by atoms with Crippen LogP contribution in [0.2, 0.25) is 0 Å². The number of carbonyl (C=O) groups excluding carboxylic acids is 2. The minimum Gasteiger partial charge on any atom is -0.300 e. The van der Waals surface area contributed by atoms with Crippen LogP contribution >= 0.6 is 11.8 Å². The average molecular weight is 572 g/mol. The summed E-state index contributed by atoms with van der Waals surface area (Å²) in [5.41, 5.74) is 4.22. The molecular weight excluding hydrogens is 549 g/mol. The van der Waals surface area contributed by atoms with Crippen LogP contribution in [-0.2, 0) is 26.0 Å². The van der Waals surface area contributed by atoms with Crippen molar-refractivity contribution in [3.05, 3.63) is 125 Å². The van der Waals surface area contributed by atoms with E-state index < -0.39 is 21.7 Å². The second-order valence-electron chi connectivity index (χ2n) is 8.80. The molecule has 7 nitrogen and oxygen atoms in total.